The SMILES string of the molecule is C=C(C)[C@@H]1CC[C@]2(C(=O)NCC(=O)OC)CC[C@]3(C)[C@H](CC[C@@H]4[C@@]5(C)CCC(=O)[C@@](C)(COC(C)=O)[C@@H]5CC[C@]43C)[C@@H]12. The molecule has 5 saturated carbocycles. The van der Waals surface area contributed by atoms with Gasteiger partial charge in [-0.05, 0) is 117 Å². The molecule has 7 nitrogen and oxygen atoms in total. The minimum absolute atomic E-state index is 0.0127. The standard InChI is InChI=1S/C35H53NO6/c1-21(2)23-11-16-35(30(40)36-19-28(39)41-8)18-17-33(6)24(29(23)35)9-10-26-31(4)14-13-27(38)32(5,20-42-22(3)37)25(31)12-15-34(26,33)7/h23-26,29H,1,9-20H2,2-8H3,(H,36,40)/t23-,24+,25+,26+,29+,31-,32-,33+,34+,35-/m0/s1. The van der Waals surface area contributed by atoms with Crippen LogP contribution in [0.25, 0.3) is 0 Å². The Morgan fingerprint density at radius 1 is 0.905 bits per heavy atom. The molecule has 5 fully saturated rings. The number of ether oxygens (including phenoxy) is 2. The van der Waals surface area contributed by atoms with Crippen molar-refractivity contribution in [3.8, 4) is 0 Å². The fourth-order valence-corrected chi connectivity index (χ4v) is 12.0. The summed E-state index contributed by atoms with van der Waals surface area (Å²) >= 11 is 0. The maximum Gasteiger partial charge on any atom is 0.325 e. The average molecular weight is 584 g/mol. The van der Waals surface area contributed by atoms with Gasteiger partial charge in [-0.2, -0.15) is 0 Å². The number of nitrogens with one attached hydrogen (secondary N) is 1. The van der Waals surface area contributed by atoms with Gasteiger partial charge >= 0.3 is 11.9 Å². The minimum atomic E-state index is -0.645. The summed E-state index contributed by atoms with van der Waals surface area (Å²) < 4.78 is 10.4. The number of hydrogen-bond acceptors (Lipinski definition) is 6. The molecule has 0 aromatic rings. The van der Waals surface area contributed by atoms with Gasteiger partial charge in [-0.1, -0.05) is 32.9 Å². The first-order valence-corrected chi connectivity index (χ1v) is 16.3. The maximum atomic E-state index is 14.0. The first kappa shape index (κ1) is 31.3. The Morgan fingerprint density at radius 3 is 2.26 bits per heavy atom. The summed E-state index contributed by atoms with van der Waals surface area (Å²) in [6.45, 7) is 17.6. The van der Waals surface area contributed by atoms with Crippen LogP contribution in [-0.4, -0.2) is 43.9 Å². The zero-order valence-corrected chi connectivity index (χ0v) is 27.0. The van der Waals surface area contributed by atoms with Crippen LogP contribution in [0.2, 0.25) is 0 Å². The molecule has 0 aromatic carbocycles. The van der Waals surface area contributed by atoms with E-state index in [0.717, 1.165) is 57.8 Å². The molecule has 1 N–H and O–H groups in total. The van der Waals surface area contributed by atoms with E-state index in [4.69, 9.17) is 9.47 Å². The number of fused-ring (bicyclic) bond motifs is 7. The highest BCUT2D eigenvalue weighted by Crippen LogP contribution is 2.77. The molecular formula is C35H53NO6. The van der Waals surface area contributed by atoms with Crippen LogP contribution in [0, 0.1) is 56.7 Å². The van der Waals surface area contributed by atoms with Crippen molar-refractivity contribution >= 4 is 23.6 Å². The van der Waals surface area contributed by atoms with Crippen LogP contribution < -0.4 is 5.32 Å². The number of Topliss-reactive ketones (excluding diaryl/α,β-unsaturated/α-hetero) is 1. The molecule has 42 heavy (non-hydrogen) atoms. The normalized spacial score (nSPS) is 45.9. The Balaban J connectivity index is 1.50. The summed E-state index contributed by atoms with van der Waals surface area (Å²) in [6.07, 6.45) is 9.20. The fourth-order valence-electron chi connectivity index (χ4n) is 12.0. The summed E-state index contributed by atoms with van der Waals surface area (Å²) in [5, 5.41) is 2.96. The fraction of sp³-hybridized carbons (Fsp3) is 0.829. The van der Waals surface area contributed by atoms with E-state index in [1.54, 1.807) is 0 Å². The van der Waals surface area contributed by atoms with E-state index in [2.05, 4.69) is 39.6 Å². The first-order valence-electron chi connectivity index (χ1n) is 16.3. The molecule has 0 aliphatic heterocycles. The van der Waals surface area contributed by atoms with Gasteiger partial charge in [-0.15, -0.1) is 0 Å². The molecular weight excluding hydrogens is 530 g/mol. The molecule has 5 aliphatic rings. The molecule has 0 heterocycles. The van der Waals surface area contributed by atoms with Gasteiger partial charge in [0.2, 0.25) is 5.91 Å². The average Bonchev–Trinajstić information content (AvgIpc) is 3.34. The van der Waals surface area contributed by atoms with Gasteiger partial charge in [-0.25, -0.2) is 0 Å². The van der Waals surface area contributed by atoms with Crippen LogP contribution in [0.1, 0.15) is 106 Å². The van der Waals surface area contributed by atoms with E-state index < -0.39 is 16.8 Å². The van der Waals surface area contributed by atoms with Crippen molar-refractivity contribution in [1.29, 1.82) is 0 Å². The number of methoxy groups -OCH3 is 1. The Labute approximate surface area is 252 Å². The Morgan fingerprint density at radius 2 is 1.62 bits per heavy atom. The number of ketones is 1. The molecule has 7 heteroatoms. The van der Waals surface area contributed by atoms with Gasteiger partial charge in [0.25, 0.3) is 0 Å². The molecule has 1 amide bonds. The molecule has 0 saturated heterocycles. The van der Waals surface area contributed by atoms with E-state index >= 15 is 0 Å². The van der Waals surface area contributed by atoms with Crippen LogP contribution >= 0.6 is 0 Å². The van der Waals surface area contributed by atoms with Gasteiger partial charge in [0.15, 0.2) is 0 Å². The predicted octanol–water partition coefficient (Wildman–Crippen LogP) is 6.05. The molecule has 0 unspecified atom stereocenters. The van der Waals surface area contributed by atoms with E-state index in [-0.39, 0.29) is 58.9 Å². The Bertz CT molecular complexity index is 1180. The Kier molecular flexibility index (Phi) is 7.79. The predicted molar refractivity (Wildman–Crippen MR) is 160 cm³/mol. The zero-order valence-electron chi connectivity index (χ0n) is 27.0. The number of carbonyl (C=O) groups excluding carboxylic acids is 4. The highest BCUT2D eigenvalue weighted by molar-refractivity contribution is 5.87. The lowest BCUT2D eigenvalue weighted by Crippen LogP contribution is -2.67. The summed E-state index contributed by atoms with van der Waals surface area (Å²) in [7, 11) is 1.35. The molecule has 0 spiro atoms. The third-order valence-electron chi connectivity index (χ3n) is 14.3. The van der Waals surface area contributed by atoms with Gasteiger partial charge < -0.3 is 14.8 Å². The van der Waals surface area contributed by atoms with E-state index in [1.165, 1.54) is 19.6 Å². The van der Waals surface area contributed by atoms with Crippen molar-refractivity contribution in [3.05, 3.63) is 12.2 Å². The second-order valence-corrected chi connectivity index (χ2v) is 15.7. The van der Waals surface area contributed by atoms with Gasteiger partial charge in [-0.3, -0.25) is 19.2 Å². The number of allylic oxidation sites excluding steroid dienone is 1. The number of rotatable bonds is 6. The first-order chi connectivity index (χ1) is 19.6. The third-order valence-corrected chi connectivity index (χ3v) is 14.3. The van der Waals surface area contributed by atoms with Gasteiger partial charge in [0, 0.05) is 13.3 Å². The number of amides is 1. The van der Waals surface area contributed by atoms with Crippen LogP contribution in [0.3, 0.4) is 0 Å². The lowest BCUT2D eigenvalue weighted by molar-refractivity contribution is -0.237. The smallest absolute Gasteiger partial charge is 0.325 e. The van der Waals surface area contributed by atoms with Crippen molar-refractivity contribution in [1.82, 2.24) is 5.32 Å². The van der Waals surface area contributed by atoms with Crippen molar-refractivity contribution < 1.29 is 28.7 Å². The number of hydrogen-bond donors (Lipinski definition) is 1. The largest absolute Gasteiger partial charge is 0.468 e. The molecule has 10 atom stereocenters. The molecule has 0 radical (unpaired) electrons. The summed E-state index contributed by atoms with van der Waals surface area (Å²) in [5.41, 5.74) is 0.147. The quantitative estimate of drug-likeness (QED) is 0.302. The molecule has 5 aliphatic carbocycles. The second-order valence-electron chi connectivity index (χ2n) is 15.7. The van der Waals surface area contributed by atoms with Crippen molar-refractivity contribution in [2.75, 3.05) is 20.3 Å². The summed E-state index contributed by atoms with van der Waals surface area (Å²) in [5.74, 6) is 1.04. The van der Waals surface area contributed by atoms with Crippen molar-refractivity contribution in [2.24, 2.45) is 56.7 Å². The third kappa shape index (κ3) is 4.25. The van der Waals surface area contributed by atoms with E-state index in [1.807, 2.05) is 6.92 Å². The van der Waals surface area contributed by atoms with Crippen LogP contribution in [-0.2, 0) is 28.7 Å². The zero-order chi connectivity index (χ0) is 30.9. The maximum absolute atomic E-state index is 14.0. The lowest BCUT2D eigenvalue weighted by Gasteiger charge is -2.72. The monoisotopic (exact) mass is 583 g/mol. The van der Waals surface area contributed by atoms with E-state index in [0.29, 0.717) is 24.2 Å². The minimum Gasteiger partial charge on any atom is -0.468 e. The summed E-state index contributed by atoms with van der Waals surface area (Å²) in [4.78, 5) is 51.1. The molecule has 0 aromatic heterocycles. The molecule has 5 rings (SSSR count). The van der Waals surface area contributed by atoms with Crippen LogP contribution in [0.5, 0.6) is 0 Å². The highest BCUT2D eigenvalue weighted by Gasteiger charge is 2.72. The van der Waals surface area contributed by atoms with Crippen LogP contribution in [0.15, 0.2) is 12.2 Å². The van der Waals surface area contributed by atoms with Crippen molar-refractivity contribution in [2.45, 2.75) is 106 Å². The van der Waals surface area contributed by atoms with E-state index in [9.17, 15) is 19.2 Å². The number of carbonyl (C=O) groups is 4. The number of esters is 2. The topological polar surface area (TPSA) is 98.8 Å². The highest BCUT2D eigenvalue weighted by atomic mass is 16.5. The second kappa shape index (κ2) is 10.5. The summed E-state index contributed by atoms with van der Waals surface area (Å²) in [6, 6.07) is 0. The molecule has 234 valence electrons. The van der Waals surface area contributed by atoms with Gasteiger partial charge in [0.1, 0.15) is 18.9 Å². The lowest BCUT2D eigenvalue weighted by atomic mass is 9.32. The van der Waals surface area contributed by atoms with Crippen molar-refractivity contribution in [3.63, 3.8) is 0 Å². The van der Waals surface area contributed by atoms with Gasteiger partial charge in [0.05, 0.1) is 17.9 Å². The Hall–Kier alpha value is -2.18. The van der Waals surface area contributed by atoms with Crippen LogP contribution in [0.4, 0.5) is 0 Å². The molecule has 0 bridgehead atoms.